The summed E-state index contributed by atoms with van der Waals surface area (Å²) in [7, 11) is 2.28. The van der Waals surface area contributed by atoms with Crippen molar-refractivity contribution < 1.29 is 0 Å². The van der Waals surface area contributed by atoms with Crippen molar-refractivity contribution in [3.63, 3.8) is 0 Å². The maximum Gasteiger partial charge on any atom is 0.0108 e. The Morgan fingerprint density at radius 2 is 2.00 bits per heavy atom. The Kier molecular flexibility index (Phi) is 6.13. The summed E-state index contributed by atoms with van der Waals surface area (Å²) >= 11 is 0. The van der Waals surface area contributed by atoms with Gasteiger partial charge in [-0.05, 0) is 50.1 Å². The van der Waals surface area contributed by atoms with Crippen LogP contribution in [0.3, 0.4) is 0 Å². The zero-order chi connectivity index (χ0) is 13.8. The first-order valence-corrected chi connectivity index (χ1v) is 7.76. The fourth-order valence-corrected chi connectivity index (χ4v) is 3.56. The lowest BCUT2D eigenvalue weighted by atomic mass is 9.69. The molecule has 1 aliphatic rings. The molecular weight excluding hydrogens is 220 g/mol. The molecule has 0 aromatic rings. The Labute approximate surface area is 115 Å². The molecule has 2 nitrogen and oxygen atoms in total. The first-order valence-electron chi connectivity index (χ1n) is 7.76. The molecule has 1 rings (SSSR count). The maximum atomic E-state index is 3.70. The minimum absolute atomic E-state index is 0.537. The van der Waals surface area contributed by atoms with Crippen LogP contribution in [0.1, 0.15) is 53.9 Å². The summed E-state index contributed by atoms with van der Waals surface area (Å²) in [6.45, 7) is 15.3. The molecule has 0 saturated heterocycles. The van der Waals surface area contributed by atoms with Crippen molar-refractivity contribution in [3.8, 4) is 0 Å². The second kappa shape index (κ2) is 6.91. The van der Waals surface area contributed by atoms with Gasteiger partial charge in [0, 0.05) is 19.1 Å². The average Bonchev–Trinajstić information content (AvgIpc) is 2.20. The van der Waals surface area contributed by atoms with Gasteiger partial charge < -0.3 is 10.2 Å². The van der Waals surface area contributed by atoms with E-state index >= 15 is 0 Å². The Bertz CT molecular complexity index is 235. The lowest BCUT2D eigenvalue weighted by Crippen LogP contribution is -2.47. The second-order valence-electron chi connectivity index (χ2n) is 7.45. The average molecular weight is 254 g/mol. The molecule has 0 spiro atoms. The van der Waals surface area contributed by atoms with E-state index in [-0.39, 0.29) is 0 Å². The Morgan fingerprint density at radius 1 is 1.33 bits per heavy atom. The first kappa shape index (κ1) is 16.0. The predicted octanol–water partition coefficient (Wildman–Crippen LogP) is 3.38. The topological polar surface area (TPSA) is 15.3 Å². The maximum absolute atomic E-state index is 3.70. The SMILES string of the molecule is CCNC1CCC(C)(C)CC1CN(C)CC(C)C. The molecule has 0 radical (unpaired) electrons. The van der Waals surface area contributed by atoms with Crippen LogP contribution in [0, 0.1) is 17.3 Å². The van der Waals surface area contributed by atoms with Gasteiger partial charge in [-0.3, -0.25) is 0 Å². The van der Waals surface area contributed by atoms with E-state index in [0.29, 0.717) is 5.41 Å². The van der Waals surface area contributed by atoms with E-state index < -0.39 is 0 Å². The minimum atomic E-state index is 0.537. The van der Waals surface area contributed by atoms with Crippen molar-refractivity contribution in [2.24, 2.45) is 17.3 Å². The highest BCUT2D eigenvalue weighted by Crippen LogP contribution is 2.39. The molecule has 2 heteroatoms. The van der Waals surface area contributed by atoms with E-state index in [1.54, 1.807) is 0 Å². The summed E-state index contributed by atoms with van der Waals surface area (Å²) in [5.74, 6) is 1.58. The third-order valence-electron chi connectivity index (χ3n) is 4.21. The number of nitrogens with zero attached hydrogens (tertiary/aromatic N) is 1. The smallest absolute Gasteiger partial charge is 0.0108 e. The van der Waals surface area contributed by atoms with Crippen molar-refractivity contribution in [1.82, 2.24) is 10.2 Å². The molecular formula is C16H34N2. The molecule has 2 unspecified atom stereocenters. The van der Waals surface area contributed by atoms with Crippen LogP contribution in [0.2, 0.25) is 0 Å². The molecule has 0 heterocycles. The number of rotatable bonds is 6. The van der Waals surface area contributed by atoms with Crippen LogP contribution in [0.5, 0.6) is 0 Å². The summed E-state index contributed by atoms with van der Waals surface area (Å²) in [6.07, 6.45) is 4.09. The van der Waals surface area contributed by atoms with Gasteiger partial charge in [-0.1, -0.05) is 34.6 Å². The monoisotopic (exact) mass is 254 g/mol. The largest absolute Gasteiger partial charge is 0.314 e. The molecule has 1 N–H and O–H groups in total. The van der Waals surface area contributed by atoms with E-state index in [2.05, 4.69) is 51.9 Å². The van der Waals surface area contributed by atoms with Crippen molar-refractivity contribution >= 4 is 0 Å². The van der Waals surface area contributed by atoms with E-state index in [4.69, 9.17) is 0 Å². The summed E-state index contributed by atoms with van der Waals surface area (Å²) < 4.78 is 0. The van der Waals surface area contributed by atoms with Gasteiger partial charge in [-0.15, -0.1) is 0 Å². The van der Waals surface area contributed by atoms with E-state index in [0.717, 1.165) is 24.4 Å². The van der Waals surface area contributed by atoms with Crippen molar-refractivity contribution in [3.05, 3.63) is 0 Å². The zero-order valence-electron chi connectivity index (χ0n) is 13.4. The van der Waals surface area contributed by atoms with E-state index in [1.165, 1.54) is 32.4 Å². The highest BCUT2D eigenvalue weighted by atomic mass is 15.1. The third-order valence-corrected chi connectivity index (χ3v) is 4.21. The highest BCUT2D eigenvalue weighted by Gasteiger charge is 2.34. The van der Waals surface area contributed by atoms with Crippen molar-refractivity contribution in [2.45, 2.75) is 59.9 Å². The highest BCUT2D eigenvalue weighted by molar-refractivity contribution is 4.89. The molecule has 1 aliphatic carbocycles. The third kappa shape index (κ3) is 5.27. The Morgan fingerprint density at radius 3 is 2.56 bits per heavy atom. The summed E-state index contributed by atoms with van der Waals surface area (Å²) in [4.78, 5) is 2.53. The van der Waals surface area contributed by atoms with Gasteiger partial charge in [-0.2, -0.15) is 0 Å². The minimum Gasteiger partial charge on any atom is -0.314 e. The van der Waals surface area contributed by atoms with Crippen LogP contribution in [0.4, 0.5) is 0 Å². The molecule has 108 valence electrons. The molecule has 1 saturated carbocycles. The summed E-state index contributed by atoms with van der Waals surface area (Å²) in [5, 5.41) is 3.70. The van der Waals surface area contributed by atoms with Gasteiger partial charge in [0.25, 0.3) is 0 Å². The van der Waals surface area contributed by atoms with Crippen LogP contribution in [-0.4, -0.2) is 37.6 Å². The number of hydrogen-bond donors (Lipinski definition) is 1. The molecule has 0 aliphatic heterocycles. The van der Waals surface area contributed by atoms with Gasteiger partial charge in [0.1, 0.15) is 0 Å². The van der Waals surface area contributed by atoms with Crippen LogP contribution < -0.4 is 5.32 Å². The second-order valence-corrected chi connectivity index (χ2v) is 7.45. The van der Waals surface area contributed by atoms with Crippen LogP contribution in [0.25, 0.3) is 0 Å². The number of hydrogen-bond acceptors (Lipinski definition) is 2. The molecule has 2 atom stereocenters. The quantitative estimate of drug-likeness (QED) is 0.782. The Hall–Kier alpha value is -0.0800. The predicted molar refractivity (Wildman–Crippen MR) is 80.9 cm³/mol. The van der Waals surface area contributed by atoms with Gasteiger partial charge >= 0.3 is 0 Å². The summed E-state index contributed by atoms with van der Waals surface area (Å²) in [5.41, 5.74) is 0.537. The molecule has 1 fully saturated rings. The van der Waals surface area contributed by atoms with Gasteiger partial charge in [0.15, 0.2) is 0 Å². The van der Waals surface area contributed by atoms with Crippen molar-refractivity contribution in [1.29, 1.82) is 0 Å². The van der Waals surface area contributed by atoms with Gasteiger partial charge in [-0.25, -0.2) is 0 Å². The fraction of sp³-hybridized carbons (Fsp3) is 1.00. The lowest BCUT2D eigenvalue weighted by Gasteiger charge is -2.42. The molecule has 0 aromatic carbocycles. The molecule has 0 bridgehead atoms. The van der Waals surface area contributed by atoms with E-state index in [1.807, 2.05) is 0 Å². The standard InChI is InChI=1S/C16H34N2/c1-7-17-15-8-9-16(4,5)10-14(15)12-18(6)11-13(2)3/h13-15,17H,7-12H2,1-6H3. The zero-order valence-corrected chi connectivity index (χ0v) is 13.4. The normalized spacial score (nSPS) is 28.0. The van der Waals surface area contributed by atoms with Crippen molar-refractivity contribution in [2.75, 3.05) is 26.7 Å². The fourth-order valence-electron chi connectivity index (χ4n) is 3.56. The first-order chi connectivity index (χ1) is 8.34. The van der Waals surface area contributed by atoms with Crippen LogP contribution >= 0.6 is 0 Å². The lowest BCUT2D eigenvalue weighted by molar-refractivity contribution is 0.106. The van der Waals surface area contributed by atoms with Gasteiger partial charge in [0.2, 0.25) is 0 Å². The summed E-state index contributed by atoms with van der Waals surface area (Å²) in [6, 6.07) is 0.734. The van der Waals surface area contributed by atoms with Crippen LogP contribution in [0.15, 0.2) is 0 Å². The number of nitrogens with one attached hydrogen (secondary N) is 1. The van der Waals surface area contributed by atoms with Crippen LogP contribution in [-0.2, 0) is 0 Å². The molecule has 0 amide bonds. The Balaban J connectivity index is 2.55. The van der Waals surface area contributed by atoms with Gasteiger partial charge in [0.05, 0.1) is 0 Å². The molecule has 18 heavy (non-hydrogen) atoms. The van der Waals surface area contributed by atoms with E-state index in [9.17, 15) is 0 Å². The molecule has 0 aromatic heterocycles.